The lowest BCUT2D eigenvalue weighted by Crippen LogP contribution is -2.42. The maximum absolute atomic E-state index is 11.5. The van der Waals surface area contributed by atoms with Crippen molar-refractivity contribution in [1.82, 2.24) is 4.90 Å². The first-order chi connectivity index (χ1) is 7.63. The summed E-state index contributed by atoms with van der Waals surface area (Å²) in [4.78, 5) is 29.3. The molecule has 0 aliphatic heterocycles. The molecule has 0 spiro atoms. The van der Waals surface area contributed by atoms with Crippen molar-refractivity contribution in [2.24, 2.45) is 0 Å². The lowest BCUT2D eigenvalue weighted by atomic mass is 10.1. The Bertz CT molecular complexity index is 357. The number of nitrogens with zero attached hydrogens (tertiary/aromatic N) is 1. The van der Waals surface area contributed by atoms with Crippen LogP contribution in [0.4, 0.5) is 0 Å². The standard InChI is InChI=1S/C9H23NO6P2/c1-8(2,3)10(4)7-6-9(11,17(5,12)13)18(14,15)16/h11H,6-7H2,1-5H3,(H,12,13)(H2,14,15,16). The number of rotatable bonds is 5. The van der Waals surface area contributed by atoms with Crippen LogP contribution in [0, 0.1) is 0 Å². The third kappa shape index (κ3) is 4.14. The Labute approximate surface area is 107 Å². The molecule has 0 amide bonds. The lowest BCUT2D eigenvalue weighted by molar-refractivity contribution is 0.105. The fourth-order valence-corrected chi connectivity index (χ4v) is 4.09. The topological polar surface area (TPSA) is 118 Å². The number of aliphatic hydroxyl groups is 1. The first kappa shape index (κ1) is 18.3. The molecule has 0 aliphatic rings. The van der Waals surface area contributed by atoms with Crippen LogP contribution in [-0.2, 0) is 9.13 Å². The molecule has 4 N–H and O–H groups in total. The van der Waals surface area contributed by atoms with Gasteiger partial charge in [-0.15, -0.1) is 0 Å². The summed E-state index contributed by atoms with van der Waals surface area (Å²) in [6.07, 6.45) is -0.477. The molecular formula is C9H23NO6P2. The highest BCUT2D eigenvalue weighted by atomic mass is 31.2. The number of hydrogen-bond acceptors (Lipinski definition) is 4. The van der Waals surface area contributed by atoms with Gasteiger partial charge in [-0.1, -0.05) is 0 Å². The molecule has 7 nitrogen and oxygen atoms in total. The minimum atomic E-state index is -5.10. The zero-order valence-electron chi connectivity index (χ0n) is 11.4. The Morgan fingerprint density at radius 1 is 1.11 bits per heavy atom. The van der Waals surface area contributed by atoms with Crippen molar-refractivity contribution >= 4 is 15.0 Å². The molecule has 110 valence electrons. The smallest absolute Gasteiger partial charge is 0.366 e. The van der Waals surface area contributed by atoms with E-state index in [2.05, 4.69) is 0 Å². The molecule has 0 rings (SSSR count). The van der Waals surface area contributed by atoms with Gasteiger partial charge in [-0.3, -0.25) is 9.13 Å². The SMILES string of the molecule is CN(CCC(O)(P(C)(=O)O)P(=O)(O)O)C(C)(C)C. The molecule has 18 heavy (non-hydrogen) atoms. The maximum Gasteiger partial charge on any atom is 0.366 e. The fraction of sp³-hybridized carbons (Fsp3) is 1.00. The predicted molar refractivity (Wildman–Crippen MR) is 69.7 cm³/mol. The van der Waals surface area contributed by atoms with Crippen LogP contribution >= 0.6 is 15.0 Å². The second-order valence-electron chi connectivity index (χ2n) is 5.54. The van der Waals surface area contributed by atoms with Crippen LogP contribution in [0.15, 0.2) is 0 Å². The Balaban J connectivity index is 5.11. The van der Waals surface area contributed by atoms with E-state index in [1.165, 1.54) is 0 Å². The van der Waals surface area contributed by atoms with Crippen molar-refractivity contribution in [1.29, 1.82) is 0 Å². The maximum atomic E-state index is 11.5. The molecule has 0 aromatic carbocycles. The van der Waals surface area contributed by atoms with E-state index in [0.717, 1.165) is 6.66 Å². The van der Waals surface area contributed by atoms with Gasteiger partial charge >= 0.3 is 7.60 Å². The Kier molecular flexibility index (Phi) is 5.41. The lowest BCUT2D eigenvalue weighted by Gasteiger charge is -2.36. The molecule has 0 aromatic heterocycles. The zero-order valence-corrected chi connectivity index (χ0v) is 13.2. The van der Waals surface area contributed by atoms with Crippen LogP contribution < -0.4 is 0 Å². The average molecular weight is 303 g/mol. The van der Waals surface area contributed by atoms with Gasteiger partial charge < -0.3 is 24.7 Å². The Hall–Kier alpha value is 0.260. The van der Waals surface area contributed by atoms with Crippen LogP contribution in [0.5, 0.6) is 0 Å². The van der Waals surface area contributed by atoms with Gasteiger partial charge in [0.25, 0.3) is 0 Å². The van der Waals surface area contributed by atoms with Gasteiger partial charge in [0.05, 0.1) is 0 Å². The van der Waals surface area contributed by atoms with Crippen molar-refractivity contribution in [3.05, 3.63) is 0 Å². The molecule has 0 radical (unpaired) electrons. The summed E-state index contributed by atoms with van der Waals surface area (Å²) >= 11 is 0. The first-order valence-electron chi connectivity index (χ1n) is 5.42. The molecule has 0 saturated heterocycles. The average Bonchev–Trinajstić information content (AvgIpc) is 2.07. The molecule has 0 aliphatic carbocycles. The van der Waals surface area contributed by atoms with E-state index in [0.29, 0.717) is 0 Å². The van der Waals surface area contributed by atoms with E-state index in [1.807, 2.05) is 20.8 Å². The van der Waals surface area contributed by atoms with Gasteiger partial charge in [0.2, 0.25) is 12.5 Å². The van der Waals surface area contributed by atoms with Gasteiger partial charge in [0.15, 0.2) is 0 Å². The first-order valence-corrected chi connectivity index (χ1v) is 9.14. The van der Waals surface area contributed by atoms with E-state index >= 15 is 0 Å². The van der Waals surface area contributed by atoms with Crippen molar-refractivity contribution in [2.75, 3.05) is 20.3 Å². The molecule has 9 heteroatoms. The number of hydrogen-bond donors (Lipinski definition) is 4. The summed E-state index contributed by atoms with van der Waals surface area (Å²) in [5.74, 6) is 0. The fourth-order valence-electron chi connectivity index (χ4n) is 1.25. The molecule has 0 aromatic rings. The van der Waals surface area contributed by atoms with Crippen molar-refractivity contribution < 1.29 is 28.9 Å². The molecule has 0 bridgehead atoms. The zero-order chi connectivity index (χ0) is 15.0. The molecule has 2 unspecified atom stereocenters. The molecule has 0 heterocycles. The van der Waals surface area contributed by atoms with Crippen LogP contribution in [-0.4, -0.2) is 55.6 Å². The Morgan fingerprint density at radius 3 is 1.72 bits per heavy atom. The van der Waals surface area contributed by atoms with Crippen LogP contribution in [0.3, 0.4) is 0 Å². The predicted octanol–water partition coefficient (Wildman–Crippen LogP) is 0.831. The van der Waals surface area contributed by atoms with Crippen LogP contribution in [0.2, 0.25) is 0 Å². The van der Waals surface area contributed by atoms with Gasteiger partial charge in [-0.25, -0.2) is 0 Å². The third-order valence-corrected chi connectivity index (χ3v) is 7.66. The normalized spacial score (nSPS) is 20.6. The van der Waals surface area contributed by atoms with Crippen molar-refractivity contribution in [3.63, 3.8) is 0 Å². The summed E-state index contributed by atoms with van der Waals surface area (Å²) in [7, 11) is -7.75. The molecule has 0 saturated carbocycles. The van der Waals surface area contributed by atoms with Crippen molar-refractivity contribution in [3.8, 4) is 0 Å². The van der Waals surface area contributed by atoms with E-state index in [-0.39, 0.29) is 12.1 Å². The van der Waals surface area contributed by atoms with Gasteiger partial charge in [0.1, 0.15) is 0 Å². The van der Waals surface area contributed by atoms with Gasteiger partial charge in [0, 0.05) is 25.2 Å². The van der Waals surface area contributed by atoms with Crippen LogP contribution in [0.25, 0.3) is 0 Å². The second kappa shape index (κ2) is 5.33. The van der Waals surface area contributed by atoms with E-state index < -0.39 is 26.5 Å². The minimum absolute atomic E-state index is 0.0868. The van der Waals surface area contributed by atoms with E-state index in [1.54, 1.807) is 11.9 Å². The third-order valence-electron chi connectivity index (χ3n) is 3.06. The van der Waals surface area contributed by atoms with Gasteiger partial charge in [-0.05, 0) is 27.8 Å². The highest BCUT2D eigenvalue weighted by Crippen LogP contribution is 2.69. The largest absolute Gasteiger partial charge is 0.369 e. The van der Waals surface area contributed by atoms with Crippen LogP contribution in [0.1, 0.15) is 27.2 Å². The van der Waals surface area contributed by atoms with E-state index in [4.69, 9.17) is 9.79 Å². The summed E-state index contributed by atoms with van der Waals surface area (Å²) < 4.78 is 22.8. The molecule has 2 atom stereocenters. The van der Waals surface area contributed by atoms with Crippen molar-refractivity contribution in [2.45, 2.75) is 37.8 Å². The minimum Gasteiger partial charge on any atom is -0.369 e. The molecular weight excluding hydrogens is 280 g/mol. The summed E-state index contributed by atoms with van der Waals surface area (Å²) in [5.41, 5.74) is -0.275. The summed E-state index contributed by atoms with van der Waals surface area (Å²) in [5, 5.41) is 7.01. The monoisotopic (exact) mass is 303 g/mol. The summed E-state index contributed by atoms with van der Waals surface area (Å²) in [6.45, 7) is 6.49. The Morgan fingerprint density at radius 2 is 1.50 bits per heavy atom. The highest BCUT2D eigenvalue weighted by molar-refractivity contribution is 7.74. The van der Waals surface area contributed by atoms with E-state index in [9.17, 15) is 19.1 Å². The second-order valence-corrected chi connectivity index (χ2v) is 10.2. The summed E-state index contributed by atoms with van der Waals surface area (Å²) in [6, 6.07) is 0. The quantitative estimate of drug-likeness (QED) is 0.555. The highest BCUT2D eigenvalue weighted by Gasteiger charge is 2.56. The molecule has 0 fully saturated rings. The van der Waals surface area contributed by atoms with Gasteiger partial charge in [-0.2, -0.15) is 0 Å².